The number of hydrogen-bond acceptors (Lipinski definition) is 4. The summed E-state index contributed by atoms with van der Waals surface area (Å²) < 4.78 is 12.0. The molecule has 0 fully saturated rings. The van der Waals surface area contributed by atoms with E-state index in [4.69, 9.17) is 15.9 Å². The van der Waals surface area contributed by atoms with Crippen LogP contribution >= 0.6 is 11.3 Å². The van der Waals surface area contributed by atoms with Crippen molar-refractivity contribution in [2.75, 3.05) is 13.7 Å². The number of thiazole rings is 1. The van der Waals surface area contributed by atoms with Gasteiger partial charge < -0.3 is 9.47 Å². The zero-order valence-corrected chi connectivity index (χ0v) is 13.5. The Morgan fingerprint density at radius 2 is 2.04 bits per heavy atom. The Hall–Kier alpha value is -2.77. The third-order valence-corrected chi connectivity index (χ3v) is 4.23. The predicted molar refractivity (Wildman–Crippen MR) is 95.9 cm³/mol. The number of hydrogen-bond donors (Lipinski definition) is 0. The van der Waals surface area contributed by atoms with Crippen LogP contribution in [-0.4, -0.2) is 18.7 Å². The molecule has 1 aromatic heterocycles. The van der Waals surface area contributed by atoms with Crippen LogP contribution in [0.15, 0.2) is 42.5 Å². The molecule has 0 aliphatic rings. The van der Waals surface area contributed by atoms with E-state index in [1.54, 1.807) is 18.4 Å². The summed E-state index contributed by atoms with van der Waals surface area (Å²) in [5.74, 6) is 3.74. The number of fused-ring (bicyclic) bond motifs is 1. The Bertz CT molecular complexity index is 857. The fourth-order valence-corrected chi connectivity index (χ4v) is 3.03. The molecule has 23 heavy (non-hydrogen) atoms. The topological polar surface area (TPSA) is 31.4 Å². The van der Waals surface area contributed by atoms with Gasteiger partial charge in [-0.05, 0) is 35.9 Å². The molecule has 0 spiro atoms. The average Bonchev–Trinajstić information content (AvgIpc) is 3.01. The molecule has 0 aliphatic carbocycles. The third kappa shape index (κ3) is 3.53. The summed E-state index contributed by atoms with van der Waals surface area (Å²) >= 11 is 1.66. The van der Waals surface area contributed by atoms with Gasteiger partial charge in [-0.15, -0.1) is 17.8 Å². The van der Waals surface area contributed by atoms with Crippen molar-refractivity contribution in [2.24, 2.45) is 0 Å². The number of benzene rings is 2. The summed E-state index contributed by atoms with van der Waals surface area (Å²) in [7, 11) is 1.61. The van der Waals surface area contributed by atoms with Gasteiger partial charge in [0.2, 0.25) is 0 Å². The molecule has 0 saturated carbocycles. The first-order valence-corrected chi connectivity index (χ1v) is 7.90. The van der Waals surface area contributed by atoms with Crippen LogP contribution in [0, 0.1) is 12.3 Å². The van der Waals surface area contributed by atoms with E-state index in [-0.39, 0.29) is 6.61 Å². The molecule has 0 saturated heterocycles. The van der Waals surface area contributed by atoms with Crippen LogP contribution in [0.3, 0.4) is 0 Å². The zero-order valence-electron chi connectivity index (χ0n) is 12.7. The molecular weight excluding hydrogens is 306 g/mol. The van der Waals surface area contributed by atoms with Gasteiger partial charge >= 0.3 is 0 Å². The van der Waals surface area contributed by atoms with E-state index >= 15 is 0 Å². The second kappa shape index (κ2) is 6.99. The van der Waals surface area contributed by atoms with E-state index in [1.165, 1.54) is 4.70 Å². The van der Waals surface area contributed by atoms with Crippen LogP contribution in [0.4, 0.5) is 0 Å². The van der Waals surface area contributed by atoms with Crippen LogP contribution < -0.4 is 9.47 Å². The number of methoxy groups -OCH3 is 1. The van der Waals surface area contributed by atoms with E-state index in [2.05, 4.69) is 17.0 Å². The van der Waals surface area contributed by atoms with Gasteiger partial charge in [0.05, 0.1) is 17.3 Å². The normalized spacial score (nSPS) is 10.8. The van der Waals surface area contributed by atoms with E-state index in [0.29, 0.717) is 11.5 Å². The van der Waals surface area contributed by atoms with Gasteiger partial charge in [-0.3, -0.25) is 0 Å². The van der Waals surface area contributed by atoms with E-state index in [1.807, 2.05) is 48.6 Å². The fraction of sp³-hybridized carbons (Fsp3) is 0.105. The molecule has 0 bridgehead atoms. The van der Waals surface area contributed by atoms with Crippen LogP contribution in [0.2, 0.25) is 0 Å². The summed E-state index contributed by atoms with van der Waals surface area (Å²) in [6.07, 6.45) is 9.22. The van der Waals surface area contributed by atoms with Crippen molar-refractivity contribution < 1.29 is 9.47 Å². The maximum atomic E-state index is 5.44. The lowest BCUT2D eigenvalue weighted by atomic mass is 10.2. The highest BCUT2D eigenvalue weighted by atomic mass is 32.1. The van der Waals surface area contributed by atoms with E-state index in [9.17, 15) is 0 Å². The van der Waals surface area contributed by atoms with Gasteiger partial charge in [0.15, 0.2) is 11.5 Å². The lowest BCUT2D eigenvalue weighted by molar-refractivity contribution is 0.331. The van der Waals surface area contributed by atoms with Crippen LogP contribution in [-0.2, 0) is 0 Å². The number of terminal acetylenes is 1. The van der Waals surface area contributed by atoms with Crippen molar-refractivity contribution in [3.8, 4) is 23.8 Å². The largest absolute Gasteiger partial charge is 0.493 e. The monoisotopic (exact) mass is 321 g/mol. The number of nitrogens with zero attached hydrogens (tertiary/aromatic N) is 1. The summed E-state index contributed by atoms with van der Waals surface area (Å²) in [5.41, 5.74) is 2.03. The molecule has 0 unspecified atom stereocenters. The minimum atomic E-state index is 0.219. The van der Waals surface area contributed by atoms with Crippen molar-refractivity contribution in [1.29, 1.82) is 0 Å². The first-order valence-electron chi connectivity index (χ1n) is 7.08. The van der Waals surface area contributed by atoms with Gasteiger partial charge in [0.25, 0.3) is 0 Å². The fourth-order valence-electron chi connectivity index (χ4n) is 2.16. The maximum Gasteiger partial charge on any atom is 0.162 e. The molecule has 3 aromatic rings. The molecule has 4 heteroatoms. The molecule has 3 nitrogen and oxygen atoms in total. The van der Waals surface area contributed by atoms with Gasteiger partial charge in [-0.25, -0.2) is 4.98 Å². The smallest absolute Gasteiger partial charge is 0.162 e. The van der Waals surface area contributed by atoms with Crippen molar-refractivity contribution in [3.05, 3.63) is 53.0 Å². The lowest BCUT2D eigenvalue weighted by Crippen LogP contribution is -1.96. The van der Waals surface area contributed by atoms with Crippen LogP contribution in [0.25, 0.3) is 22.4 Å². The van der Waals surface area contributed by atoms with Crippen molar-refractivity contribution in [3.63, 3.8) is 0 Å². The second-order valence-electron chi connectivity index (χ2n) is 4.76. The second-order valence-corrected chi connectivity index (χ2v) is 5.82. The van der Waals surface area contributed by atoms with Crippen molar-refractivity contribution in [1.82, 2.24) is 4.98 Å². The summed E-state index contributed by atoms with van der Waals surface area (Å²) in [4.78, 5) is 4.58. The van der Waals surface area contributed by atoms with Gasteiger partial charge in [0.1, 0.15) is 11.6 Å². The SMILES string of the molecule is C#CCOc1ccc(C=Cc2nc3ccccc3s2)cc1OC. The van der Waals surface area contributed by atoms with Crippen LogP contribution in [0.5, 0.6) is 11.5 Å². The number of para-hydroxylation sites is 1. The van der Waals surface area contributed by atoms with Gasteiger partial charge in [-0.1, -0.05) is 30.2 Å². The molecule has 2 aromatic carbocycles. The Balaban J connectivity index is 1.82. The molecule has 3 rings (SSSR count). The number of ether oxygens (including phenoxy) is 2. The first-order chi connectivity index (χ1) is 11.3. The van der Waals surface area contributed by atoms with Gasteiger partial charge in [-0.2, -0.15) is 0 Å². The highest BCUT2D eigenvalue weighted by Gasteiger charge is 2.04. The molecule has 0 amide bonds. The molecule has 0 atom stereocenters. The lowest BCUT2D eigenvalue weighted by Gasteiger charge is -2.09. The van der Waals surface area contributed by atoms with Crippen LogP contribution in [0.1, 0.15) is 10.6 Å². The summed E-state index contributed by atoms with van der Waals surface area (Å²) in [6.45, 7) is 0.219. The molecule has 1 heterocycles. The minimum Gasteiger partial charge on any atom is -0.493 e. The minimum absolute atomic E-state index is 0.219. The van der Waals surface area contributed by atoms with Crippen molar-refractivity contribution in [2.45, 2.75) is 0 Å². The van der Waals surface area contributed by atoms with E-state index < -0.39 is 0 Å². The van der Waals surface area contributed by atoms with Gasteiger partial charge in [0, 0.05) is 0 Å². The third-order valence-electron chi connectivity index (χ3n) is 3.23. The highest BCUT2D eigenvalue weighted by molar-refractivity contribution is 7.19. The molecule has 0 aliphatic heterocycles. The predicted octanol–water partition coefficient (Wildman–Crippen LogP) is 4.49. The number of aromatic nitrogens is 1. The molecule has 0 radical (unpaired) electrons. The number of rotatable bonds is 5. The highest BCUT2D eigenvalue weighted by Crippen LogP contribution is 2.29. The zero-order chi connectivity index (χ0) is 16.1. The standard InChI is InChI=1S/C19H15NO2S/c1-3-12-22-16-10-8-14(13-17(16)21-2)9-11-19-20-15-6-4-5-7-18(15)23-19/h1,4-11,13H,12H2,2H3. The Morgan fingerprint density at radius 3 is 2.83 bits per heavy atom. The Labute approximate surface area is 139 Å². The molecule has 0 N–H and O–H groups in total. The maximum absolute atomic E-state index is 5.44. The quantitative estimate of drug-likeness (QED) is 0.649. The first kappa shape index (κ1) is 15.1. The Kier molecular flexibility index (Phi) is 4.60. The molecule has 114 valence electrons. The summed E-state index contributed by atoms with van der Waals surface area (Å²) in [6, 6.07) is 13.8. The molecular formula is C19H15NO2S. The average molecular weight is 321 g/mol. The van der Waals surface area contributed by atoms with E-state index in [0.717, 1.165) is 16.1 Å². The van der Waals surface area contributed by atoms with Crippen molar-refractivity contribution >= 4 is 33.7 Å². The summed E-state index contributed by atoms with van der Waals surface area (Å²) in [5, 5.41) is 0.970. The Morgan fingerprint density at radius 1 is 1.17 bits per heavy atom.